The van der Waals surface area contributed by atoms with Gasteiger partial charge in [-0.25, -0.2) is 4.79 Å². The van der Waals surface area contributed by atoms with Crippen molar-refractivity contribution in [2.45, 2.75) is 26.7 Å². The van der Waals surface area contributed by atoms with E-state index in [1.165, 1.54) is 19.2 Å². The predicted molar refractivity (Wildman–Crippen MR) is 80.4 cm³/mol. The van der Waals surface area contributed by atoms with Crippen molar-refractivity contribution >= 4 is 16.9 Å². The smallest absolute Gasteiger partial charge is 0.339 e. The Bertz CT molecular complexity index is 759. The van der Waals surface area contributed by atoms with Gasteiger partial charge < -0.3 is 19.0 Å². The summed E-state index contributed by atoms with van der Waals surface area (Å²) in [5.41, 5.74) is 0.804. The molecule has 2 aromatic rings. The van der Waals surface area contributed by atoms with E-state index in [1.807, 2.05) is 0 Å². The van der Waals surface area contributed by atoms with Crippen LogP contribution in [0.2, 0.25) is 0 Å². The molecule has 0 amide bonds. The van der Waals surface area contributed by atoms with Gasteiger partial charge in [0.2, 0.25) is 0 Å². The molecule has 0 aliphatic rings. The summed E-state index contributed by atoms with van der Waals surface area (Å²) in [4.78, 5) is 23.6. The molecule has 0 aliphatic heterocycles. The molecule has 0 saturated heterocycles. The molecular formula is C16H18O6. The summed E-state index contributed by atoms with van der Waals surface area (Å²) in [6.07, 6.45) is 0.332. The van der Waals surface area contributed by atoms with Crippen LogP contribution in [0.15, 0.2) is 21.3 Å². The highest BCUT2D eigenvalue weighted by Crippen LogP contribution is 2.33. The monoisotopic (exact) mass is 306 g/mol. The largest absolute Gasteiger partial charge is 0.508 e. The molecule has 1 aromatic carbocycles. The zero-order chi connectivity index (χ0) is 16.3. The highest BCUT2D eigenvalue weighted by atomic mass is 16.5. The molecule has 1 N–H and O–H groups in total. The molecule has 0 radical (unpaired) electrons. The molecule has 2 rings (SSSR count). The lowest BCUT2D eigenvalue weighted by Gasteiger charge is -2.11. The van der Waals surface area contributed by atoms with Crippen molar-refractivity contribution in [2.75, 3.05) is 13.7 Å². The zero-order valence-corrected chi connectivity index (χ0v) is 12.8. The van der Waals surface area contributed by atoms with E-state index < -0.39 is 5.63 Å². The Morgan fingerprint density at radius 2 is 2.09 bits per heavy atom. The number of carbonyl (C=O) groups excluding carboxylic acids is 1. The molecule has 0 unspecified atom stereocenters. The molecule has 0 fully saturated rings. The van der Waals surface area contributed by atoms with E-state index in [2.05, 4.69) is 0 Å². The van der Waals surface area contributed by atoms with Gasteiger partial charge in [-0.3, -0.25) is 4.79 Å². The summed E-state index contributed by atoms with van der Waals surface area (Å²) in [7, 11) is 1.47. The maximum absolute atomic E-state index is 12.1. The van der Waals surface area contributed by atoms with E-state index in [4.69, 9.17) is 13.9 Å². The van der Waals surface area contributed by atoms with Gasteiger partial charge in [-0.1, -0.05) is 0 Å². The second-order valence-electron chi connectivity index (χ2n) is 4.82. The zero-order valence-electron chi connectivity index (χ0n) is 12.8. The second-order valence-corrected chi connectivity index (χ2v) is 4.82. The molecule has 0 atom stereocenters. The van der Waals surface area contributed by atoms with Gasteiger partial charge >= 0.3 is 11.6 Å². The Hall–Kier alpha value is -2.50. The number of fused-ring (bicyclic) bond motifs is 1. The van der Waals surface area contributed by atoms with Crippen LogP contribution >= 0.6 is 0 Å². The summed E-state index contributed by atoms with van der Waals surface area (Å²) in [6.45, 7) is 3.79. The van der Waals surface area contributed by atoms with Gasteiger partial charge in [-0.2, -0.15) is 0 Å². The standard InChI is InChI=1S/C16H18O6/c1-4-21-14(18)6-5-11-9(2)15-12(20-3)7-10(17)8-13(15)22-16(11)19/h7-8,17H,4-6H2,1-3H3. The topological polar surface area (TPSA) is 86.0 Å². The lowest BCUT2D eigenvalue weighted by atomic mass is 10.0. The lowest BCUT2D eigenvalue weighted by molar-refractivity contribution is -0.143. The predicted octanol–water partition coefficient (Wildman–Crippen LogP) is 2.31. The molecular weight excluding hydrogens is 288 g/mol. The number of benzene rings is 1. The fourth-order valence-electron chi connectivity index (χ4n) is 2.40. The van der Waals surface area contributed by atoms with Gasteiger partial charge in [0.15, 0.2) is 0 Å². The third-order valence-electron chi connectivity index (χ3n) is 3.43. The number of ether oxygens (including phenoxy) is 2. The molecule has 0 spiro atoms. The van der Waals surface area contributed by atoms with Crippen LogP contribution in [0.25, 0.3) is 11.0 Å². The third kappa shape index (κ3) is 3.05. The highest BCUT2D eigenvalue weighted by Gasteiger charge is 2.17. The van der Waals surface area contributed by atoms with Crippen LogP contribution in [0, 0.1) is 6.92 Å². The summed E-state index contributed by atoms with van der Waals surface area (Å²) >= 11 is 0. The molecule has 6 heteroatoms. The second kappa shape index (κ2) is 6.51. The van der Waals surface area contributed by atoms with Crippen molar-refractivity contribution < 1.29 is 23.8 Å². The Labute approximate surface area is 127 Å². The van der Waals surface area contributed by atoms with Crippen molar-refractivity contribution in [3.8, 4) is 11.5 Å². The number of phenolic OH excluding ortho intramolecular Hbond substituents is 1. The van der Waals surface area contributed by atoms with Crippen LogP contribution in [0.4, 0.5) is 0 Å². The third-order valence-corrected chi connectivity index (χ3v) is 3.43. The Balaban J connectivity index is 2.50. The minimum atomic E-state index is -0.526. The van der Waals surface area contributed by atoms with Crippen molar-refractivity contribution in [3.63, 3.8) is 0 Å². The molecule has 6 nitrogen and oxygen atoms in total. The van der Waals surface area contributed by atoms with Gasteiger partial charge in [0, 0.05) is 24.1 Å². The van der Waals surface area contributed by atoms with Gasteiger partial charge in [-0.15, -0.1) is 0 Å². The van der Waals surface area contributed by atoms with Crippen molar-refractivity contribution in [2.24, 2.45) is 0 Å². The SMILES string of the molecule is CCOC(=O)CCc1c(C)c2c(OC)cc(O)cc2oc1=O. The summed E-state index contributed by atoms with van der Waals surface area (Å²) in [6, 6.07) is 2.81. The minimum Gasteiger partial charge on any atom is -0.508 e. The van der Waals surface area contributed by atoms with E-state index in [-0.39, 0.29) is 30.1 Å². The summed E-state index contributed by atoms with van der Waals surface area (Å²) in [5.74, 6) is -0.00104. The van der Waals surface area contributed by atoms with Crippen LogP contribution in [0.1, 0.15) is 24.5 Å². The van der Waals surface area contributed by atoms with Crippen LogP contribution in [-0.4, -0.2) is 24.8 Å². The van der Waals surface area contributed by atoms with Crippen LogP contribution in [0.5, 0.6) is 11.5 Å². The van der Waals surface area contributed by atoms with E-state index in [9.17, 15) is 14.7 Å². The number of phenols is 1. The quantitative estimate of drug-likeness (QED) is 0.674. The maximum atomic E-state index is 12.1. The van der Waals surface area contributed by atoms with Crippen molar-refractivity contribution in [3.05, 3.63) is 33.7 Å². The molecule has 0 saturated carbocycles. The van der Waals surface area contributed by atoms with Gasteiger partial charge in [0.05, 0.1) is 19.1 Å². The first-order valence-corrected chi connectivity index (χ1v) is 6.96. The fraction of sp³-hybridized carbons (Fsp3) is 0.375. The molecule has 0 bridgehead atoms. The van der Waals surface area contributed by atoms with Gasteiger partial charge in [0.1, 0.15) is 17.1 Å². The highest BCUT2D eigenvalue weighted by molar-refractivity contribution is 5.89. The van der Waals surface area contributed by atoms with Gasteiger partial charge in [-0.05, 0) is 25.8 Å². The van der Waals surface area contributed by atoms with Gasteiger partial charge in [0.25, 0.3) is 0 Å². The average Bonchev–Trinajstić information content (AvgIpc) is 2.45. The van der Waals surface area contributed by atoms with Crippen LogP contribution < -0.4 is 10.4 Å². The first-order valence-electron chi connectivity index (χ1n) is 6.96. The Morgan fingerprint density at radius 1 is 1.36 bits per heavy atom. The number of methoxy groups -OCH3 is 1. The van der Waals surface area contributed by atoms with E-state index in [0.717, 1.165) is 0 Å². The average molecular weight is 306 g/mol. The number of rotatable bonds is 5. The normalized spacial score (nSPS) is 10.7. The van der Waals surface area contributed by atoms with Crippen LogP contribution in [-0.2, 0) is 16.0 Å². The Morgan fingerprint density at radius 3 is 2.73 bits per heavy atom. The molecule has 22 heavy (non-hydrogen) atoms. The minimum absolute atomic E-state index is 0.0498. The fourth-order valence-corrected chi connectivity index (χ4v) is 2.40. The first-order chi connectivity index (χ1) is 10.5. The van der Waals surface area contributed by atoms with Crippen LogP contribution in [0.3, 0.4) is 0 Å². The number of aryl methyl sites for hydroxylation is 1. The number of hydrogen-bond acceptors (Lipinski definition) is 6. The molecule has 118 valence electrons. The number of esters is 1. The van der Waals surface area contributed by atoms with Crippen molar-refractivity contribution in [1.29, 1.82) is 0 Å². The number of hydrogen-bond donors (Lipinski definition) is 1. The number of carbonyl (C=O) groups is 1. The summed E-state index contributed by atoms with van der Waals surface area (Å²) in [5, 5.41) is 10.2. The maximum Gasteiger partial charge on any atom is 0.339 e. The summed E-state index contributed by atoms with van der Waals surface area (Å²) < 4.78 is 15.3. The van der Waals surface area contributed by atoms with E-state index in [0.29, 0.717) is 28.9 Å². The first kappa shape index (κ1) is 15.9. The lowest BCUT2D eigenvalue weighted by Crippen LogP contribution is -2.14. The van der Waals surface area contributed by atoms with Crippen molar-refractivity contribution in [1.82, 2.24) is 0 Å². The number of aromatic hydroxyl groups is 1. The van der Waals surface area contributed by atoms with E-state index in [1.54, 1.807) is 13.8 Å². The molecule has 1 aromatic heterocycles. The molecule has 1 heterocycles. The Kier molecular flexibility index (Phi) is 4.70. The van der Waals surface area contributed by atoms with E-state index >= 15 is 0 Å². The molecule has 0 aliphatic carbocycles.